The maximum atomic E-state index is 3.53. The van der Waals surface area contributed by atoms with E-state index in [2.05, 4.69) is 53.4 Å². The van der Waals surface area contributed by atoms with Crippen molar-refractivity contribution in [2.24, 2.45) is 5.92 Å². The first-order valence-corrected chi connectivity index (χ1v) is 8.56. The highest BCUT2D eigenvalue weighted by atomic mass is 79.9. The van der Waals surface area contributed by atoms with Gasteiger partial charge in [0.2, 0.25) is 0 Å². The molecule has 16 heavy (non-hydrogen) atoms. The molecule has 0 aromatic heterocycles. The van der Waals surface area contributed by atoms with Crippen molar-refractivity contribution in [2.75, 3.05) is 30.7 Å². The molecule has 96 valence electrons. The molecular formula is C13H26BrNS. The van der Waals surface area contributed by atoms with Gasteiger partial charge in [-0.1, -0.05) is 36.7 Å². The Hall–Kier alpha value is 0.790. The van der Waals surface area contributed by atoms with Crippen LogP contribution in [0.15, 0.2) is 0 Å². The van der Waals surface area contributed by atoms with Crippen LogP contribution in [-0.2, 0) is 0 Å². The molecule has 1 heterocycles. The molecule has 3 heteroatoms. The Morgan fingerprint density at radius 2 is 2.06 bits per heavy atom. The SMILES string of the molecule is CC(CCBr)CCN1CCSC(C)(C)CC1. The van der Waals surface area contributed by atoms with Crippen molar-refractivity contribution in [2.45, 2.75) is 44.8 Å². The van der Waals surface area contributed by atoms with E-state index in [1.54, 1.807) is 0 Å². The summed E-state index contributed by atoms with van der Waals surface area (Å²) in [5, 5.41) is 1.15. The summed E-state index contributed by atoms with van der Waals surface area (Å²) in [6, 6.07) is 0. The number of thioether (sulfide) groups is 1. The lowest BCUT2D eigenvalue weighted by molar-refractivity contribution is 0.263. The average Bonchev–Trinajstić information content (AvgIpc) is 2.37. The zero-order valence-electron chi connectivity index (χ0n) is 11.0. The molecule has 1 nitrogen and oxygen atoms in total. The zero-order chi connectivity index (χ0) is 12.0. The van der Waals surface area contributed by atoms with Crippen LogP contribution in [0.1, 0.15) is 40.0 Å². The first kappa shape index (κ1) is 14.8. The van der Waals surface area contributed by atoms with E-state index in [9.17, 15) is 0 Å². The third-order valence-corrected chi connectivity index (χ3v) is 5.30. The van der Waals surface area contributed by atoms with Gasteiger partial charge < -0.3 is 4.90 Å². The maximum Gasteiger partial charge on any atom is 0.0116 e. The van der Waals surface area contributed by atoms with E-state index >= 15 is 0 Å². The summed E-state index contributed by atoms with van der Waals surface area (Å²) < 4.78 is 0.496. The highest BCUT2D eigenvalue weighted by Crippen LogP contribution is 2.30. The molecule has 0 bridgehead atoms. The fourth-order valence-corrected chi connectivity index (χ4v) is 3.94. The van der Waals surface area contributed by atoms with E-state index < -0.39 is 0 Å². The van der Waals surface area contributed by atoms with Crippen molar-refractivity contribution < 1.29 is 0 Å². The summed E-state index contributed by atoms with van der Waals surface area (Å²) in [5.74, 6) is 2.17. The normalized spacial score (nSPS) is 24.0. The van der Waals surface area contributed by atoms with Crippen LogP contribution in [0, 0.1) is 5.92 Å². The first-order valence-electron chi connectivity index (χ1n) is 6.46. The van der Waals surface area contributed by atoms with Crippen LogP contribution in [0.3, 0.4) is 0 Å². The Labute approximate surface area is 114 Å². The molecule has 1 fully saturated rings. The molecule has 1 saturated heterocycles. The Kier molecular flexibility index (Phi) is 6.75. The van der Waals surface area contributed by atoms with Gasteiger partial charge in [-0.25, -0.2) is 0 Å². The van der Waals surface area contributed by atoms with Crippen molar-refractivity contribution in [1.82, 2.24) is 4.90 Å². The van der Waals surface area contributed by atoms with E-state index in [4.69, 9.17) is 0 Å². The van der Waals surface area contributed by atoms with E-state index in [-0.39, 0.29) is 0 Å². The van der Waals surface area contributed by atoms with Crippen LogP contribution in [0.25, 0.3) is 0 Å². The van der Waals surface area contributed by atoms with Crippen molar-refractivity contribution in [3.8, 4) is 0 Å². The van der Waals surface area contributed by atoms with Gasteiger partial charge in [-0.15, -0.1) is 0 Å². The molecule has 1 aliphatic heterocycles. The van der Waals surface area contributed by atoms with Gasteiger partial charge >= 0.3 is 0 Å². The van der Waals surface area contributed by atoms with Gasteiger partial charge in [-0.05, 0) is 38.3 Å². The smallest absolute Gasteiger partial charge is 0.0116 e. The van der Waals surface area contributed by atoms with Crippen molar-refractivity contribution >= 4 is 27.7 Å². The summed E-state index contributed by atoms with van der Waals surface area (Å²) in [6.45, 7) is 11.0. The van der Waals surface area contributed by atoms with Crippen LogP contribution in [0.5, 0.6) is 0 Å². The standard InChI is InChI=1S/C13H26BrNS/c1-12(4-7-14)5-8-15-9-6-13(2,3)16-11-10-15/h12H,4-11H2,1-3H3. The minimum absolute atomic E-state index is 0.496. The molecule has 0 amide bonds. The Morgan fingerprint density at radius 1 is 1.31 bits per heavy atom. The van der Waals surface area contributed by atoms with Gasteiger partial charge in [0.05, 0.1) is 0 Å². The molecule has 0 saturated carbocycles. The third kappa shape index (κ3) is 5.92. The molecule has 1 unspecified atom stereocenters. The van der Waals surface area contributed by atoms with Crippen LogP contribution in [0.4, 0.5) is 0 Å². The molecule has 1 atom stereocenters. The van der Waals surface area contributed by atoms with Crippen LogP contribution in [0.2, 0.25) is 0 Å². The fourth-order valence-electron chi connectivity index (χ4n) is 2.02. The van der Waals surface area contributed by atoms with Crippen molar-refractivity contribution in [1.29, 1.82) is 0 Å². The lowest BCUT2D eigenvalue weighted by Gasteiger charge is -2.23. The average molecular weight is 308 g/mol. The van der Waals surface area contributed by atoms with Gasteiger partial charge in [0.25, 0.3) is 0 Å². The monoisotopic (exact) mass is 307 g/mol. The first-order chi connectivity index (χ1) is 7.53. The Bertz CT molecular complexity index is 196. The largest absolute Gasteiger partial charge is 0.302 e. The number of hydrogen-bond donors (Lipinski definition) is 0. The fraction of sp³-hybridized carbons (Fsp3) is 1.00. The summed E-state index contributed by atoms with van der Waals surface area (Å²) in [7, 11) is 0. The second-order valence-corrected chi connectivity index (χ2v) is 8.17. The molecule has 0 radical (unpaired) electrons. The second kappa shape index (κ2) is 7.27. The maximum absolute atomic E-state index is 3.53. The molecular weight excluding hydrogens is 282 g/mol. The summed E-state index contributed by atoms with van der Waals surface area (Å²) in [5.41, 5.74) is 0. The third-order valence-electron chi connectivity index (χ3n) is 3.47. The number of rotatable bonds is 5. The topological polar surface area (TPSA) is 3.24 Å². The van der Waals surface area contributed by atoms with Gasteiger partial charge in [-0.3, -0.25) is 0 Å². The van der Waals surface area contributed by atoms with E-state index in [0.29, 0.717) is 4.75 Å². The minimum atomic E-state index is 0.496. The lowest BCUT2D eigenvalue weighted by atomic mass is 10.0. The second-order valence-electron chi connectivity index (χ2n) is 5.57. The molecule has 0 aromatic carbocycles. The molecule has 0 spiro atoms. The van der Waals surface area contributed by atoms with Crippen molar-refractivity contribution in [3.63, 3.8) is 0 Å². The number of hydrogen-bond acceptors (Lipinski definition) is 2. The van der Waals surface area contributed by atoms with Crippen LogP contribution in [-0.4, -0.2) is 40.4 Å². The minimum Gasteiger partial charge on any atom is -0.302 e. The van der Waals surface area contributed by atoms with Gasteiger partial charge in [0.15, 0.2) is 0 Å². The van der Waals surface area contributed by atoms with E-state index in [1.807, 2.05) is 0 Å². The predicted molar refractivity (Wildman–Crippen MR) is 79.8 cm³/mol. The highest BCUT2D eigenvalue weighted by molar-refractivity contribution is 9.09. The van der Waals surface area contributed by atoms with Crippen LogP contribution < -0.4 is 0 Å². The quantitative estimate of drug-likeness (QED) is 0.706. The predicted octanol–water partition coefficient (Wildman–Crippen LogP) is 4.02. The zero-order valence-corrected chi connectivity index (χ0v) is 13.4. The van der Waals surface area contributed by atoms with Crippen molar-refractivity contribution in [3.05, 3.63) is 0 Å². The molecule has 0 N–H and O–H groups in total. The Balaban J connectivity index is 2.22. The summed E-state index contributed by atoms with van der Waals surface area (Å²) in [4.78, 5) is 2.66. The molecule has 0 aromatic rings. The van der Waals surface area contributed by atoms with E-state index in [0.717, 1.165) is 11.2 Å². The number of alkyl halides is 1. The lowest BCUT2D eigenvalue weighted by Crippen LogP contribution is -2.29. The summed E-state index contributed by atoms with van der Waals surface area (Å²) in [6.07, 6.45) is 4.01. The van der Waals surface area contributed by atoms with Gasteiger partial charge in [-0.2, -0.15) is 11.8 Å². The van der Waals surface area contributed by atoms with Gasteiger partial charge in [0, 0.05) is 22.4 Å². The summed E-state index contributed by atoms with van der Waals surface area (Å²) >= 11 is 5.67. The Morgan fingerprint density at radius 3 is 2.75 bits per heavy atom. The molecule has 1 aliphatic rings. The molecule has 0 aliphatic carbocycles. The number of halogens is 1. The van der Waals surface area contributed by atoms with Crippen LogP contribution >= 0.6 is 27.7 Å². The van der Waals surface area contributed by atoms with Gasteiger partial charge in [0.1, 0.15) is 0 Å². The van der Waals surface area contributed by atoms with E-state index in [1.165, 1.54) is 44.6 Å². The highest BCUT2D eigenvalue weighted by Gasteiger charge is 2.23. The number of nitrogens with zero attached hydrogens (tertiary/aromatic N) is 1. The molecule has 1 rings (SSSR count).